The van der Waals surface area contributed by atoms with Crippen molar-refractivity contribution in [2.24, 2.45) is 0 Å². The van der Waals surface area contributed by atoms with E-state index in [0.29, 0.717) is 21.6 Å². The quantitative estimate of drug-likeness (QED) is 0.596. The van der Waals surface area contributed by atoms with E-state index >= 15 is 0 Å². The van der Waals surface area contributed by atoms with Crippen molar-refractivity contribution in [3.8, 4) is 0 Å². The summed E-state index contributed by atoms with van der Waals surface area (Å²) in [6.07, 6.45) is 0.0977. The van der Waals surface area contributed by atoms with Crippen LogP contribution in [0.4, 0.5) is 0 Å². The third kappa shape index (κ3) is 3.80. The molecule has 2 amide bonds. The summed E-state index contributed by atoms with van der Waals surface area (Å²) < 4.78 is 5.40. The lowest BCUT2D eigenvalue weighted by Crippen LogP contribution is -2.31. The highest BCUT2D eigenvalue weighted by Gasteiger charge is 2.33. The molecule has 2 aromatic rings. The van der Waals surface area contributed by atoms with Crippen LogP contribution in [0.2, 0.25) is 5.02 Å². The molecule has 3 rings (SSSR count). The number of hydroxylamine groups is 2. The molecule has 6 nitrogen and oxygen atoms in total. The second-order valence-corrected chi connectivity index (χ2v) is 6.45. The van der Waals surface area contributed by atoms with Crippen LogP contribution in [0.25, 0.3) is 0 Å². The number of thioether (sulfide) groups is 1. The Hall–Kier alpha value is -2.25. The molecule has 0 radical (unpaired) electrons. The first-order valence-corrected chi connectivity index (χ1v) is 8.44. The Morgan fingerprint density at radius 2 is 1.79 bits per heavy atom. The number of rotatable bonds is 5. The van der Waals surface area contributed by atoms with E-state index < -0.39 is 17.8 Å². The summed E-state index contributed by atoms with van der Waals surface area (Å²) in [5, 5.41) is 1.15. The fraction of sp³-hybridized carbons (Fsp3) is 0.188. The van der Waals surface area contributed by atoms with Crippen molar-refractivity contribution < 1.29 is 23.6 Å². The van der Waals surface area contributed by atoms with E-state index in [0.717, 1.165) is 4.90 Å². The summed E-state index contributed by atoms with van der Waals surface area (Å²) in [6, 6.07) is 10.4. The Kier molecular flexibility index (Phi) is 4.92. The Labute approximate surface area is 146 Å². The van der Waals surface area contributed by atoms with Crippen LogP contribution in [0.1, 0.15) is 29.2 Å². The molecular weight excluding hydrogens is 354 g/mol. The number of benzene rings is 1. The molecule has 0 spiro atoms. The number of imide groups is 1. The molecule has 0 aliphatic carbocycles. The van der Waals surface area contributed by atoms with Crippen LogP contribution in [-0.4, -0.2) is 22.8 Å². The van der Waals surface area contributed by atoms with Gasteiger partial charge in [0.15, 0.2) is 0 Å². The molecule has 1 aliphatic rings. The number of hydrogen-bond acceptors (Lipinski definition) is 6. The molecule has 0 N–H and O–H groups in total. The minimum Gasteiger partial charge on any atom is -0.453 e. The normalized spacial score (nSPS) is 14.3. The van der Waals surface area contributed by atoms with Gasteiger partial charge in [-0.1, -0.05) is 11.6 Å². The van der Waals surface area contributed by atoms with E-state index in [4.69, 9.17) is 20.9 Å². The van der Waals surface area contributed by atoms with Crippen molar-refractivity contribution in [2.75, 3.05) is 0 Å². The summed E-state index contributed by atoms with van der Waals surface area (Å²) >= 11 is 7.34. The van der Waals surface area contributed by atoms with Gasteiger partial charge in [-0.3, -0.25) is 9.59 Å². The average Bonchev–Trinajstić information content (AvgIpc) is 3.16. The number of carbonyl (C=O) groups is 3. The molecule has 0 atom stereocenters. The van der Waals surface area contributed by atoms with Gasteiger partial charge in [0.25, 0.3) is 11.8 Å². The number of furan rings is 1. The Morgan fingerprint density at radius 3 is 2.46 bits per heavy atom. The summed E-state index contributed by atoms with van der Waals surface area (Å²) in [6.45, 7) is 0. The maximum atomic E-state index is 11.9. The molecule has 0 saturated carbocycles. The summed E-state index contributed by atoms with van der Waals surface area (Å²) in [5.41, 5.74) is 0. The van der Waals surface area contributed by atoms with Gasteiger partial charge in [-0.25, -0.2) is 4.79 Å². The monoisotopic (exact) mass is 365 g/mol. The van der Waals surface area contributed by atoms with Crippen molar-refractivity contribution in [3.63, 3.8) is 0 Å². The van der Waals surface area contributed by atoms with Crippen LogP contribution >= 0.6 is 23.4 Å². The Balaban J connectivity index is 1.58. The second kappa shape index (κ2) is 7.11. The van der Waals surface area contributed by atoms with Gasteiger partial charge in [-0.15, -0.1) is 16.8 Å². The Morgan fingerprint density at radius 1 is 1.12 bits per heavy atom. The third-order valence-electron chi connectivity index (χ3n) is 3.24. The summed E-state index contributed by atoms with van der Waals surface area (Å²) in [5.74, 6) is -0.912. The molecule has 1 aliphatic heterocycles. The van der Waals surface area contributed by atoms with Gasteiger partial charge in [-0.2, -0.15) is 0 Å². The molecule has 1 saturated heterocycles. The molecule has 1 fully saturated rings. The highest BCUT2D eigenvalue weighted by molar-refractivity contribution is 7.98. The smallest absolute Gasteiger partial charge is 0.398 e. The van der Waals surface area contributed by atoms with E-state index in [9.17, 15) is 14.4 Å². The molecule has 0 bridgehead atoms. The zero-order chi connectivity index (χ0) is 17.1. The maximum Gasteiger partial charge on any atom is 0.398 e. The lowest BCUT2D eigenvalue weighted by atomic mass is 10.4. The standard InChI is InChI=1S/C16H12ClNO5S/c17-10-1-4-12(5-2-10)24-9-11-3-6-13(22-11)16(21)23-18-14(19)7-8-15(18)20/h1-6H,7-9H2. The van der Waals surface area contributed by atoms with Gasteiger partial charge < -0.3 is 9.25 Å². The van der Waals surface area contributed by atoms with Crippen molar-refractivity contribution in [2.45, 2.75) is 23.5 Å². The van der Waals surface area contributed by atoms with Gasteiger partial charge in [0.2, 0.25) is 5.76 Å². The second-order valence-electron chi connectivity index (χ2n) is 4.97. The summed E-state index contributed by atoms with van der Waals surface area (Å²) in [4.78, 5) is 40.6. The van der Waals surface area contributed by atoms with Crippen molar-refractivity contribution in [1.29, 1.82) is 0 Å². The molecule has 1 aromatic carbocycles. The van der Waals surface area contributed by atoms with Crippen molar-refractivity contribution in [1.82, 2.24) is 5.06 Å². The van der Waals surface area contributed by atoms with Gasteiger partial charge in [-0.05, 0) is 36.4 Å². The molecule has 1 aromatic heterocycles. The van der Waals surface area contributed by atoms with Gasteiger partial charge >= 0.3 is 5.97 Å². The van der Waals surface area contributed by atoms with E-state index in [-0.39, 0.29) is 18.6 Å². The molecule has 8 heteroatoms. The van der Waals surface area contributed by atoms with Crippen molar-refractivity contribution in [3.05, 3.63) is 52.9 Å². The van der Waals surface area contributed by atoms with Crippen LogP contribution in [0, 0.1) is 0 Å². The number of amides is 2. The number of nitrogens with zero attached hydrogens (tertiary/aromatic N) is 1. The number of carbonyl (C=O) groups excluding carboxylic acids is 3. The van der Waals surface area contributed by atoms with Crippen LogP contribution in [0.3, 0.4) is 0 Å². The van der Waals surface area contributed by atoms with E-state index in [1.165, 1.54) is 17.8 Å². The first-order chi connectivity index (χ1) is 11.5. The fourth-order valence-corrected chi connectivity index (χ4v) is 2.95. The minimum atomic E-state index is -0.874. The molecule has 0 unspecified atom stereocenters. The molecular formula is C16H12ClNO5S. The third-order valence-corrected chi connectivity index (χ3v) is 4.52. The van der Waals surface area contributed by atoms with Crippen LogP contribution in [-0.2, 0) is 20.2 Å². The number of halogens is 1. The average molecular weight is 366 g/mol. The van der Waals surface area contributed by atoms with Crippen LogP contribution in [0.5, 0.6) is 0 Å². The lowest BCUT2D eigenvalue weighted by Gasteiger charge is -2.10. The fourth-order valence-electron chi connectivity index (χ4n) is 2.04. The highest BCUT2D eigenvalue weighted by Crippen LogP contribution is 2.25. The van der Waals surface area contributed by atoms with E-state index in [2.05, 4.69) is 0 Å². The SMILES string of the molecule is O=C(ON1C(=O)CCC1=O)c1ccc(CSc2ccc(Cl)cc2)o1. The highest BCUT2D eigenvalue weighted by atomic mass is 35.5. The first kappa shape index (κ1) is 16.6. The zero-order valence-corrected chi connectivity index (χ0v) is 13.9. The van der Waals surface area contributed by atoms with Gasteiger partial charge in [0.1, 0.15) is 5.76 Å². The zero-order valence-electron chi connectivity index (χ0n) is 12.4. The first-order valence-electron chi connectivity index (χ1n) is 7.08. The Bertz CT molecular complexity index is 770. The van der Waals surface area contributed by atoms with E-state index in [1.807, 2.05) is 12.1 Å². The number of hydrogen-bond donors (Lipinski definition) is 0. The molecule has 2 heterocycles. The minimum absolute atomic E-state index is 0.0489. The van der Waals surface area contributed by atoms with Crippen LogP contribution in [0.15, 0.2) is 45.7 Å². The predicted octanol–water partition coefficient (Wildman–Crippen LogP) is 3.45. The largest absolute Gasteiger partial charge is 0.453 e. The molecule has 24 heavy (non-hydrogen) atoms. The van der Waals surface area contributed by atoms with Gasteiger partial charge in [0.05, 0.1) is 5.75 Å². The topological polar surface area (TPSA) is 76.8 Å². The molecule has 124 valence electrons. The van der Waals surface area contributed by atoms with E-state index in [1.54, 1.807) is 18.2 Å². The van der Waals surface area contributed by atoms with Crippen molar-refractivity contribution >= 4 is 41.1 Å². The predicted molar refractivity (Wildman–Crippen MR) is 86.2 cm³/mol. The summed E-state index contributed by atoms with van der Waals surface area (Å²) in [7, 11) is 0. The van der Waals surface area contributed by atoms with Crippen LogP contribution < -0.4 is 0 Å². The lowest BCUT2D eigenvalue weighted by molar-refractivity contribution is -0.173. The van der Waals surface area contributed by atoms with Gasteiger partial charge in [0, 0.05) is 22.8 Å². The maximum absolute atomic E-state index is 11.9.